The van der Waals surface area contributed by atoms with Crippen molar-refractivity contribution in [2.24, 2.45) is 5.92 Å². The van der Waals surface area contributed by atoms with Crippen LogP contribution in [-0.4, -0.2) is 11.2 Å². The van der Waals surface area contributed by atoms with Crippen molar-refractivity contribution in [1.29, 1.82) is 0 Å². The van der Waals surface area contributed by atoms with Crippen molar-refractivity contribution in [2.45, 2.75) is 25.4 Å². The van der Waals surface area contributed by atoms with Crippen molar-refractivity contribution in [3.63, 3.8) is 0 Å². The molecule has 1 fully saturated rings. The van der Waals surface area contributed by atoms with Gasteiger partial charge in [-0.15, -0.1) is 0 Å². The molecule has 2 atom stereocenters. The van der Waals surface area contributed by atoms with E-state index in [0.29, 0.717) is 0 Å². The van der Waals surface area contributed by atoms with Gasteiger partial charge < -0.3 is 5.11 Å². The van der Waals surface area contributed by atoms with Crippen LogP contribution < -0.4 is 0 Å². The predicted octanol–water partition coefficient (Wildman–Crippen LogP) is 4.28. The monoisotopic (exact) mass is 264 g/mol. The van der Waals surface area contributed by atoms with E-state index in [2.05, 4.69) is 54.6 Å². The summed E-state index contributed by atoms with van der Waals surface area (Å²) < 4.78 is 0. The van der Waals surface area contributed by atoms with E-state index in [0.717, 1.165) is 19.3 Å². The minimum Gasteiger partial charge on any atom is -0.393 e. The standard InChI is InChI=1S/C19H20O/c20-19-13-7-12-17(19)14-18(15-8-3-1-4-9-15)16-10-5-2-6-11-16/h1-6,8-11,14,17,19-20H,7,12-13H2/t17-,19+/m0/s1. The first kappa shape index (κ1) is 13.1. The molecule has 0 spiro atoms. The first-order chi connectivity index (χ1) is 9.84. The molecule has 0 amide bonds. The molecule has 0 saturated heterocycles. The van der Waals surface area contributed by atoms with E-state index in [4.69, 9.17) is 0 Å². The van der Waals surface area contributed by atoms with Gasteiger partial charge in [0.25, 0.3) is 0 Å². The Morgan fingerprint density at radius 2 is 1.40 bits per heavy atom. The molecule has 1 saturated carbocycles. The van der Waals surface area contributed by atoms with Crippen LogP contribution >= 0.6 is 0 Å². The van der Waals surface area contributed by atoms with Gasteiger partial charge in [0, 0.05) is 5.92 Å². The van der Waals surface area contributed by atoms with E-state index in [1.807, 2.05) is 12.1 Å². The van der Waals surface area contributed by atoms with Crippen LogP contribution in [0.2, 0.25) is 0 Å². The SMILES string of the molecule is O[C@@H]1CCC[C@H]1C=C(c1ccccc1)c1ccccc1. The molecule has 1 heteroatoms. The largest absolute Gasteiger partial charge is 0.393 e. The zero-order chi connectivity index (χ0) is 13.8. The molecular weight excluding hydrogens is 244 g/mol. The summed E-state index contributed by atoms with van der Waals surface area (Å²) >= 11 is 0. The number of aliphatic hydroxyl groups is 1. The second kappa shape index (κ2) is 6.06. The molecule has 1 N–H and O–H groups in total. The summed E-state index contributed by atoms with van der Waals surface area (Å²) in [4.78, 5) is 0. The van der Waals surface area contributed by atoms with Gasteiger partial charge in [-0.2, -0.15) is 0 Å². The van der Waals surface area contributed by atoms with E-state index in [1.165, 1.54) is 16.7 Å². The maximum atomic E-state index is 10.1. The minimum absolute atomic E-state index is 0.183. The molecule has 2 aromatic rings. The van der Waals surface area contributed by atoms with Gasteiger partial charge in [-0.1, -0.05) is 73.2 Å². The number of benzene rings is 2. The number of hydrogen-bond acceptors (Lipinski definition) is 1. The highest BCUT2D eigenvalue weighted by atomic mass is 16.3. The molecule has 0 aliphatic heterocycles. The van der Waals surface area contributed by atoms with Gasteiger partial charge in [0.1, 0.15) is 0 Å². The summed E-state index contributed by atoms with van der Waals surface area (Å²) in [6.07, 6.45) is 5.22. The molecule has 1 nitrogen and oxygen atoms in total. The van der Waals surface area contributed by atoms with Crippen LogP contribution in [0.1, 0.15) is 30.4 Å². The zero-order valence-electron chi connectivity index (χ0n) is 11.6. The summed E-state index contributed by atoms with van der Waals surface area (Å²) in [7, 11) is 0. The van der Waals surface area contributed by atoms with E-state index < -0.39 is 0 Å². The van der Waals surface area contributed by atoms with Crippen molar-refractivity contribution >= 4 is 5.57 Å². The molecule has 1 aliphatic rings. The molecule has 0 heterocycles. The van der Waals surface area contributed by atoms with Gasteiger partial charge in [0.05, 0.1) is 6.10 Å². The van der Waals surface area contributed by atoms with Crippen molar-refractivity contribution in [1.82, 2.24) is 0 Å². The Labute approximate surface area is 120 Å². The third-order valence-electron chi connectivity index (χ3n) is 4.08. The molecule has 0 radical (unpaired) electrons. The molecule has 20 heavy (non-hydrogen) atoms. The molecule has 3 rings (SSSR count). The smallest absolute Gasteiger partial charge is 0.0603 e. The van der Waals surface area contributed by atoms with Crippen LogP contribution in [0.25, 0.3) is 5.57 Å². The maximum absolute atomic E-state index is 10.1. The number of aliphatic hydroxyl groups excluding tert-OH is 1. The Morgan fingerprint density at radius 3 is 1.85 bits per heavy atom. The first-order valence-electron chi connectivity index (χ1n) is 7.35. The van der Waals surface area contributed by atoms with Crippen LogP contribution in [0, 0.1) is 5.92 Å². The predicted molar refractivity (Wildman–Crippen MR) is 83.3 cm³/mol. The summed E-state index contributed by atoms with van der Waals surface area (Å²) in [5, 5.41) is 10.1. The molecular formula is C19H20O. The van der Waals surface area contributed by atoms with Gasteiger partial charge in [-0.05, 0) is 29.5 Å². The lowest BCUT2D eigenvalue weighted by atomic mass is 9.92. The average Bonchev–Trinajstić information content (AvgIpc) is 2.92. The van der Waals surface area contributed by atoms with Crippen LogP contribution in [0.4, 0.5) is 0 Å². The van der Waals surface area contributed by atoms with Crippen LogP contribution in [-0.2, 0) is 0 Å². The van der Waals surface area contributed by atoms with E-state index in [1.54, 1.807) is 0 Å². The van der Waals surface area contributed by atoms with Crippen molar-refractivity contribution in [3.8, 4) is 0 Å². The third kappa shape index (κ3) is 2.83. The summed E-state index contributed by atoms with van der Waals surface area (Å²) in [5.41, 5.74) is 3.67. The second-order valence-electron chi connectivity index (χ2n) is 5.47. The van der Waals surface area contributed by atoms with Gasteiger partial charge in [0.15, 0.2) is 0 Å². The van der Waals surface area contributed by atoms with E-state index >= 15 is 0 Å². The Bertz CT molecular complexity index is 530. The fourth-order valence-corrected chi connectivity index (χ4v) is 2.97. The highest BCUT2D eigenvalue weighted by molar-refractivity contribution is 5.79. The summed E-state index contributed by atoms with van der Waals surface area (Å²) in [6.45, 7) is 0. The quantitative estimate of drug-likeness (QED) is 0.877. The van der Waals surface area contributed by atoms with E-state index in [9.17, 15) is 5.11 Å². The number of hydrogen-bond donors (Lipinski definition) is 1. The molecule has 0 unspecified atom stereocenters. The van der Waals surface area contributed by atoms with Crippen molar-refractivity contribution < 1.29 is 5.11 Å². The van der Waals surface area contributed by atoms with Gasteiger partial charge in [0.2, 0.25) is 0 Å². The van der Waals surface area contributed by atoms with Gasteiger partial charge in [-0.3, -0.25) is 0 Å². The third-order valence-corrected chi connectivity index (χ3v) is 4.08. The van der Waals surface area contributed by atoms with Gasteiger partial charge in [-0.25, -0.2) is 0 Å². The first-order valence-corrected chi connectivity index (χ1v) is 7.35. The molecule has 0 bridgehead atoms. The lowest BCUT2D eigenvalue weighted by Gasteiger charge is -2.14. The summed E-state index contributed by atoms with van der Waals surface area (Å²) in [6, 6.07) is 20.9. The van der Waals surface area contributed by atoms with Crippen LogP contribution in [0.3, 0.4) is 0 Å². The Kier molecular flexibility index (Phi) is 3.98. The fraction of sp³-hybridized carbons (Fsp3) is 0.263. The normalized spacial score (nSPS) is 21.6. The Morgan fingerprint density at radius 1 is 0.850 bits per heavy atom. The fourth-order valence-electron chi connectivity index (χ4n) is 2.97. The lowest BCUT2D eigenvalue weighted by Crippen LogP contribution is -2.11. The summed E-state index contributed by atoms with van der Waals surface area (Å²) in [5.74, 6) is 0.283. The molecule has 2 aromatic carbocycles. The van der Waals surface area contributed by atoms with Gasteiger partial charge >= 0.3 is 0 Å². The minimum atomic E-state index is -0.183. The lowest BCUT2D eigenvalue weighted by molar-refractivity contribution is 0.153. The average molecular weight is 264 g/mol. The van der Waals surface area contributed by atoms with E-state index in [-0.39, 0.29) is 12.0 Å². The second-order valence-corrected chi connectivity index (χ2v) is 5.47. The van der Waals surface area contributed by atoms with Crippen molar-refractivity contribution in [2.75, 3.05) is 0 Å². The van der Waals surface area contributed by atoms with Crippen LogP contribution in [0.15, 0.2) is 66.7 Å². The molecule has 0 aromatic heterocycles. The molecule has 1 aliphatic carbocycles. The Balaban J connectivity index is 2.02. The highest BCUT2D eigenvalue weighted by Gasteiger charge is 2.24. The Hall–Kier alpha value is -1.86. The topological polar surface area (TPSA) is 20.2 Å². The maximum Gasteiger partial charge on any atom is 0.0603 e. The highest BCUT2D eigenvalue weighted by Crippen LogP contribution is 2.32. The van der Waals surface area contributed by atoms with Crippen LogP contribution in [0.5, 0.6) is 0 Å². The van der Waals surface area contributed by atoms with Crippen molar-refractivity contribution in [3.05, 3.63) is 77.9 Å². The number of rotatable bonds is 3. The molecule has 102 valence electrons. The zero-order valence-corrected chi connectivity index (χ0v) is 11.6.